The number of ether oxygens (including phenoxy) is 3. The molecular formula is C21H16BrIN2O5S. The second-order valence-electron chi connectivity index (χ2n) is 6.86. The average Bonchev–Trinajstić information content (AvgIpc) is 3.21. The highest BCUT2D eigenvalue weighted by molar-refractivity contribution is 14.1. The maximum Gasteiger partial charge on any atom is 0.265 e. The minimum absolute atomic E-state index is 0.0512. The normalized spacial score (nSPS) is 15.6. The monoisotopic (exact) mass is 614 g/mol. The number of hydrogen-bond donors (Lipinski definition) is 0. The van der Waals surface area contributed by atoms with E-state index in [-0.39, 0.29) is 17.5 Å². The van der Waals surface area contributed by atoms with Gasteiger partial charge < -0.3 is 14.2 Å². The smallest absolute Gasteiger partial charge is 0.265 e. The first kappa shape index (κ1) is 22.0. The van der Waals surface area contributed by atoms with Crippen LogP contribution in [0.2, 0.25) is 0 Å². The van der Waals surface area contributed by atoms with E-state index in [1.807, 2.05) is 24.3 Å². The molecule has 0 spiro atoms. The van der Waals surface area contributed by atoms with E-state index in [0.717, 1.165) is 14.9 Å². The van der Waals surface area contributed by atoms with Crippen LogP contribution in [0.15, 0.2) is 40.4 Å². The number of thiocarbonyl (C=S) groups is 1. The van der Waals surface area contributed by atoms with E-state index in [1.165, 1.54) is 9.80 Å². The van der Waals surface area contributed by atoms with Crippen molar-refractivity contribution in [2.75, 3.05) is 20.9 Å². The lowest BCUT2D eigenvalue weighted by Crippen LogP contribution is -2.52. The van der Waals surface area contributed by atoms with Gasteiger partial charge in [-0.15, -0.1) is 0 Å². The first-order valence-corrected chi connectivity index (χ1v) is 11.4. The van der Waals surface area contributed by atoms with Crippen molar-refractivity contribution in [3.63, 3.8) is 0 Å². The zero-order valence-electron chi connectivity index (χ0n) is 16.5. The summed E-state index contributed by atoms with van der Waals surface area (Å²) in [6, 6.07) is 9.32. The van der Waals surface area contributed by atoms with Gasteiger partial charge in [0.25, 0.3) is 11.8 Å². The molecule has 0 radical (unpaired) electrons. The maximum atomic E-state index is 12.5. The van der Waals surface area contributed by atoms with E-state index in [4.69, 9.17) is 26.4 Å². The van der Waals surface area contributed by atoms with Gasteiger partial charge in [0, 0.05) is 14.1 Å². The zero-order chi connectivity index (χ0) is 22.3. The van der Waals surface area contributed by atoms with Crippen LogP contribution < -0.4 is 14.2 Å². The van der Waals surface area contributed by atoms with E-state index in [2.05, 4.69) is 38.5 Å². The van der Waals surface area contributed by atoms with E-state index < -0.39 is 11.8 Å². The number of fused-ring (bicyclic) bond motifs is 1. The summed E-state index contributed by atoms with van der Waals surface area (Å²) in [5, 5.41) is 0.176. The third-order valence-electron chi connectivity index (χ3n) is 4.80. The lowest BCUT2D eigenvalue weighted by atomic mass is 10.1. The lowest BCUT2D eigenvalue weighted by molar-refractivity contribution is -0.132. The van der Waals surface area contributed by atoms with Crippen LogP contribution in [0.1, 0.15) is 11.1 Å². The number of hydrogen-bond acceptors (Lipinski definition) is 6. The predicted molar refractivity (Wildman–Crippen MR) is 130 cm³/mol. The molecule has 160 valence electrons. The molecule has 1 fully saturated rings. The van der Waals surface area contributed by atoms with Gasteiger partial charge in [0.1, 0.15) is 17.9 Å². The van der Waals surface area contributed by atoms with Crippen LogP contribution in [0.25, 0.3) is 6.08 Å². The first-order chi connectivity index (χ1) is 14.8. The number of carbonyl (C=O) groups is 2. The Morgan fingerprint density at radius 1 is 1.13 bits per heavy atom. The number of rotatable bonds is 4. The van der Waals surface area contributed by atoms with Gasteiger partial charge in [-0.3, -0.25) is 19.4 Å². The summed E-state index contributed by atoms with van der Waals surface area (Å²) in [7, 11) is 3.10. The molecular weight excluding hydrogens is 599 g/mol. The van der Waals surface area contributed by atoms with Crippen molar-refractivity contribution in [2.24, 2.45) is 0 Å². The standard InChI is InChI=1S/C21H16BrIN2O5S/c1-24-19(26)13(20(27)25(2)21(24)31)5-12-6-14(22)18(15(23)7-12)28-9-11-3-4-16-17(8-11)30-10-29-16/h3-8H,9-10H2,1-2H3. The quantitative estimate of drug-likeness (QED) is 0.225. The highest BCUT2D eigenvalue weighted by Crippen LogP contribution is 2.35. The molecule has 2 aromatic carbocycles. The molecule has 31 heavy (non-hydrogen) atoms. The fraction of sp³-hybridized carbons (Fsp3) is 0.190. The van der Waals surface area contributed by atoms with Gasteiger partial charge in [-0.25, -0.2) is 0 Å². The minimum atomic E-state index is -0.428. The van der Waals surface area contributed by atoms with Crippen LogP contribution in [-0.4, -0.2) is 47.6 Å². The summed E-state index contributed by atoms with van der Waals surface area (Å²) in [6.07, 6.45) is 1.56. The summed E-state index contributed by atoms with van der Waals surface area (Å²) in [5.41, 5.74) is 1.69. The number of benzene rings is 2. The zero-order valence-corrected chi connectivity index (χ0v) is 21.0. The molecule has 2 amide bonds. The summed E-state index contributed by atoms with van der Waals surface area (Å²) >= 11 is 10.8. The third-order valence-corrected chi connectivity index (χ3v) is 6.73. The first-order valence-electron chi connectivity index (χ1n) is 9.08. The Kier molecular flexibility index (Phi) is 6.22. The molecule has 0 atom stereocenters. The molecule has 2 heterocycles. The van der Waals surface area contributed by atoms with Crippen LogP contribution in [0.3, 0.4) is 0 Å². The van der Waals surface area contributed by atoms with Crippen LogP contribution >= 0.6 is 50.7 Å². The van der Waals surface area contributed by atoms with Crippen molar-refractivity contribution in [3.8, 4) is 17.2 Å². The summed E-state index contributed by atoms with van der Waals surface area (Å²) in [5.74, 6) is 1.23. The molecule has 2 aromatic rings. The molecule has 2 aliphatic heterocycles. The molecule has 0 aliphatic carbocycles. The van der Waals surface area contributed by atoms with Crippen LogP contribution in [-0.2, 0) is 16.2 Å². The number of nitrogens with zero attached hydrogens (tertiary/aromatic N) is 2. The van der Waals surface area contributed by atoms with Gasteiger partial charge in [-0.05, 0) is 92.2 Å². The van der Waals surface area contributed by atoms with Crippen molar-refractivity contribution in [3.05, 3.63) is 55.1 Å². The van der Waals surface area contributed by atoms with E-state index >= 15 is 0 Å². The Bertz CT molecular complexity index is 1100. The molecule has 0 unspecified atom stereocenters. The summed E-state index contributed by atoms with van der Waals surface area (Å²) in [4.78, 5) is 27.6. The summed E-state index contributed by atoms with van der Waals surface area (Å²) < 4.78 is 18.3. The van der Waals surface area contributed by atoms with Gasteiger partial charge in [0.15, 0.2) is 16.6 Å². The number of likely N-dealkylation sites (N-methyl/N-ethyl adjacent to an activating group) is 2. The molecule has 0 aromatic heterocycles. The Morgan fingerprint density at radius 2 is 1.81 bits per heavy atom. The molecule has 7 nitrogen and oxygen atoms in total. The Labute approximate surface area is 206 Å². The second-order valence-corrected chi connectivity index (χ2v) is 9.24. The van der Waals surface area contributed by atoms with Crippen LogP contribution in [0.5, 0.6) is 17.2 Å². The third kappa shape index (κ3) is 4.28. The van der Waals surface area contributed by atoms with Gasteiger partial charge in [0.05, 0.1) is 8.04 Å². The van der Waals surface area contributed by atoms with Crippen molar-refractivity contribution >= 4 is 73.7 Å². The number of amides is 2. The van der Waals surface area contributed by atoms with Gasteiger partial charge in [-0.2, -0.15) is 0 Å². The van der Waals surface area contributed by atoms with E-state index in [1.54, 1.807) is 26.2 Å². The fourth-order valence-electron chi connectivity index (χ4n) is 3.13. The predicted octanol–water partition coefficient (Wildman–Crippen LogP) is 3.96. The average molecular weight is 615 g/mol. The second kappa shape index (κ2) is 8.75. The molecule has 1 saturated heterocycles. The highest BCUT2D eigenvalue weighted by atomic mass is 127. The van der Waals surface area contributed by atoms with Crippen molar-refractivity contribution in [1.82, 2.24) is 9.80 Å². The van der Waals surface area contributed by atoms with Gasteiger partial charge >= 0.3 is 0 Å². The highest BCUT2D eigenvalue weighted by Gasteiger charge is 2.35. The van der Waals surface area contributed by atoms with Gasteiger partial charge in [0.2, 0.25) is 6.79 Å². The van der Waals surface area contributed by atoms with E-state index in [0.29, 0.717) is 28.1 Å². The molecule has 0 bridgehead atoms. The van der Waals surface area contributed by atoms with Crippen LogP contribution in [0.4, 0.5) is 0 Å². The molecule has 10 heteroatoms. The number of carbonyl (C=O) groups excluding carboxylic acids is 2. The van der Waals surface area contributed by atoms with Crippen molar-refractivity contribution in [2.45, 2.75) is 6.61 Å². The fourth-order valence-corrected chi connectivity index (χ4v) is 5.06. The van der Waals surface area contributed by atoms with E-state index in [9.17, 15) is 9.59 Å². The van der Waals surface area contributed by atoms with Crippen molar-refractivity contribution < 1.29 is 23.8 Å². The summed E-state index contributed by atoms with van der Waals surface area (Å²) in [6.45, 7) is 0.568. The van der Waals surface area contributed by atoms with Crippen molar-refractivity contribution in [1.29, 1.82) is 0 Å². The van der Waals surface area contributed by atoms with Gasteiger partial charge in [-0.1, -0.05) is 6.07 Å². The Morgan fingerprint density at radius 3 is 2.48 bits per heavy atom. The lowest BCUT2D eigenvalue weighted by Gasteiger charge is -2.31. The Hall–Kier alpha value is -2.18. The van der Waals surface area contributed by atoms with Crippen LogP contribution in [0, 0.1) is 3.57 Å². The SMILES string of the molecule is CN1C(=O)C(=Cc2cc(Br)c(OCc3ccc4c(c3)OCO4)c(I)c2)C(=O)N(C)C1=S. The minimum Gasteiger partial charge on any atom is -0.487 e. The topological polar surface area (TPSA) is 68.3 Å². The molecule has 2 aliphatic rings. The number of halogens is 2. The molecule has 0 saturated carbocycles. The largest absolute Gasteiger partial charge is 0.487 e. The Balaban J connectivity index is 1.56. The molecule has 0 N–H and O–H groups in total. The molecule has 4 rings (SSSR count). The maximum absolute atomic E-state index is 12.5.